The second-order valence-electron chi connectivity index (χ2n) is 5.21. The van der Waals surface area contributed by atoms with E-state index >= 15 is 0 Å². The number of nitrogens with zero attached hydrogens (tertiary/aromatic N) is 1. The van der Waals surface area contributed by atoms with E-state index in [0.717, 1.165) is 0 Å². The van der Waals surface area contributed by atoms with Crippen molar-refractivity contribution >= 4 is 32.5 Å². The Morgan fingerprint density at radius 3 is 2.52 bits per heavy atom. The van der Waals surface area contributed by atoms with Crippen LogP contribution in [0.5, 0.6) is 0 Å². The van der Waals surface area contributed by atoms with Gasteiger partial charge in [-0.05, 0) is 36.4 Å². The van der Waals surface area contributed by atoms with Gasteiger partial charge in [0.25, 0.3) is 0 Å². The second-order valence-corrected chi connectivity index (χ2v) is 6.95. The van der Waals surface area contributed by atoms with Gasteiger partial charge in [0.1, 0.15) is 10.7 Å². The SMILES string of the molecule is O=C(CNS(=O)(=O)c1cccc2cccnc12)Nc1ccc(F)cc1. The largest absolute Gasteiger partial charge is 0.325 e. The molecule has 0 unspecified atom stereocenters. The third-order valence-corrected chi connectivity index (χ3v) is 4.87. The number of hydrogen-bond donors (Lipinski definition) is 2. The molecule has 1 heterocycles. The highest BCUT2D eigenvalue weighted by atomic mass is 32.2. The van der Waals surface area contributed by atoms with Crippen molar-refractivity contribution in [3.05, 3.63) is 66.6 Å². The molecule has 0 spiro atoms. The van der Waals surface area contributed by atoms with E-state index in [-0.39, 0.29) is 4.90 Å². The highest BCUT2D eigenvalue weighted by Crippen LogP contribution is 2.20. The van der Waals surface area contributed by atoms with Crippen LogP contribution < -0.4 is 10.0 Å². The minimum Gasteiger partial charge on any atom is -0.325 e. The summed E-state index contributed by atoms with van der Waals surface area (Å²) in [6.07, 6.45) is 1.50. The first-order valence-electron chi connectivity index (χ1n) is 7.34. The molecule has 0 aliphatic carbocycles. The molecule has 3 rings (SSSR count). The standard InChI is InChI=1S/C17H14FN3O3S/c18-13-6-8-14(9-7-13)21-16(22)11-20-25(23,24)15-5-1-3-12-4-2-10-19-17(12)15/h1-10,20H,11H2,(H,21,22). The molecule has 1 amide bonds. The number of aromatic nitrogens is 1. The van der Waals surface area contributed by atoms with Crippen molar-refractivity contribution in [2.24, 2.45) is 0 Å². The number of sulfonamides is 1. The van der Waals surface area contributed by atoms with E-state index in [2.05, 4.69) is 15.0 Å². The molecule has 1 aromatic heterocycles. The number of rotatable bonds is 5. The summed E-state index contributed by atoms with van der Waals surface area (Å²) in [7, 11) is -3.91. The molecule has 0 fully saturated rings. The van der Waals surface area contributed by atoms with E-state index < -0.39 is 28.3 Å². The Morgan fingerprint density at radius 1 is 1.04 bits per heavy atom. The molecule has 25 heavy (non-hydrogen) atoms. The number of pyridine rings is 1. The fraction of sp³-hybridized carbons (Fsp3) is 0.0588. The van der Waals surface area contributed by atoms with Crippen molar-refractivity contribution in [3.8, 4) is 0 Å². The smallest absolute Gasteiger partial charge is 0.243 e. The number of halogens is 1. The van der Waals surface area contributed by atoms with Gasteiger partial charge in [0, 0.05) is 17.3 Å². The van der Waals surface area contributed by atoms with E-state index in [0.29, 0.717) is 16.6 Å². The maximum absolute atomic E-state index is 12.8. The lowest BCUT2D eigenvalue weighted by Gasteiger charge is -2.09. The summed E-state index contributed by atoms with van der Waals surface area (Å²) in [5.41, 5.74) is 0.703. The molecule has 0 aliphatic rings. The second kappa shape index (κ2) is 6.96. The van der Waals surface area contributed by atoms with Crippen molar-refractivity contribution in [3.63, 3.8) is 0 Å². The molecule has 0 atom stereocenters. The molecule has 2 aromatic carbocycles. The van der Waals surface area contributed by atoms with Gasteiger partial charge in [-0.1, -0.05) is 18.2 Å². The summed E-state index contributed by atoms with van der Waals surface area (Å²) in [6, 6.07) is 13.4. The van der Waals surface area contributed by atoms with Gasteiger partial charge in [0.2, 0.25) is 15.9 Å². The maximum atomic E-state index is 12.8. The van der Waals surface area contributed by atoms with Crippen LogP contribution in [-0.2, 0) is 14.8 Å². The molecule has 0 saturated heterocycles. The summed E-state index contributed by atoms with van der Waals surface area (Å²) in [5.74, 6) is -0.995. The molecular weight excluding hydrogens is 345 g/mol. The first kappa shape index (κ1) is 17.0. The average Bonchev–Trinajstić information content (AvgIpc) is 2.61. The molecule has 2 N–H and O–H groups in total. The Bertz CT molecular complexity index is 1020. The predicted molar refractivity (Wildman–Crippen MR) is 92.0 cm³/mol. The Labute approximate surface area is 143 Å². The molecule has 0 saturated carbocycles. The van der Waals surface area contributed by atoms with Crippen molar-refractivity contribution in [1.29, 1.82) is 0 Å². The lowest BCUT2D eigenvalue weighted by Crippen LogP contribution is -2.33. The lowest BCUT2D eigenvalue weighted by atomic mass is 10.2. The van der Waals surface area contributed by atoms with Crippen LogP contribution in [0.25, 0.3) is 10.9 Å². The summed E-state index contributed by atoms with van der Waals surface area (Å²) in [6.45, 7) is -0.455. The van der Waals surface area contributed by atoms with Crippen LogP contribution in [0.15, 0.2) is 65.7 Å². The molecular formula is C17H14FN3O3S. The number of hydrogen-bond acceptors (Lipinski definition) is 4. The first-order chi connectivity index (χ1) is 12.0. The number of para-hydroxylation sites is 1. The molecule has 3 aromatic rings. The fourth-order valence-electron chi connectivity index (χ4n) is 2.27. The Kier molecular flexibility index (Phi) is 4.73. The Hall–Kier alpha value is -2.84. The highest BCUT2D eigenvalue weighted by molar-refractivity contribution is 7.89. The quantitative estimate of drug-likeness (QED) is 0.732. The van der Waals surface area contributed by atoms with Crippen molar-refractivity contribution < 1.29 is 17.6 Å². The van der Waals surface area contributed by atoms with E-state index in [1.54, 1.807) is 24.3 Å². The zero-order valence-electron chi connectivity index (χ0n) is 12.9. The molecule has 0 aliphatic heterocycles. The molecule has 0 bridgehead atoms. The van der Waals surface area contributed by atoms with Gasteiger partial charge >= 0.3 is 0 Å². The van der Waals surface area contributed by atoms with Crippen molar-refractivity contribution in [2.45, 2.75) is 4.90 Å². The van der Waals surface area contributed by atoms with Crippen LogP contribution in [0.2, 0.25) is 0 Å². The lowest BCUT2D eigenvalue weighted by molar-refractivity contribution is -0.115. The number of amides is 1. The van der Waals surface area contributed by atoms with Crippen LogP contribution in [0.1, 0.15) is 0 Å². The van der Waals surface area contributed by atoms with Gasteiger partial charge in [-0.2, -0.15) is 0 Å². The number of carbonyl (C=O) groups is 1. The third-order valence-electron chi connectivity index (χ3n) is 3.44. The number of benzene rings is 2. The van der Waals surface area contributed by atoms with Crippen LogP contribution in [0.4, 0.5) is 10.1 Å². The molecule has 8 heteroatoms. The highest BCUT2D eigenvalue weighted by Gasteiger charge is 2.19. The summed E-state index contributed by atoms with van der Waals surface area (Å²) < 4.78 is 40.0. The van der Waals surface area contributed by atoms with E-state index in [9.17, 15) is 17.6 Å². The number of fused-ring (bicyclic) bond motifs is 1. The minimum absolute atomic E-state index is 0.000169. The van der Waals surface area contributed by atoms with E-state index in [1.807, 2.05) is 0 Å². The maximum Gasteiger partial charge on any atom is 0.243 e. The van der Waals surface area contributed by atoms with Crippen LogP contribution in [-0.4, -0.2) is 25.9 Å². The zero-order chi connectivity index (χ0) is 17.9. The van der Waals surface area contributed by atoms with Gasteiger partial charge in [-0.15, -0.1) is 0 Å². The Morgan fingerprint density at radius 2 is 1.76 bits per heavy atom. The molecule has 6 nitrogen and oxygen atoms in total. The summed E-state index contributed by atoms with van der Waals surface area (Å²) >= 11 is 0. The number of anilines is 1. The topological polar surface area (TPSA) is 88.2 Å². The molecule has 128 valence electrons. The fourth-order valence-corrected chi connectivity index (χ4v) is 3.43. The Balaban J connectivity index is 1.73. The summed E-state index contributed by atoms with van der Waals surface area (Å²) in [5, 5.41) is 3.16. The van der Waals surface area contributed by atoms with Crippen LogP contribution in [0.3, 0.4) is 0 Å². The van der Waals surface area contributed by atoms with Crippen LogP contribution >= 0.6 is 0 Å². The van der Waals surface area contributed by atoms with Crippen molar-refractivity contribution in [1.82, 2.24) is 9.71 Å². The zero-order valence-corrected chi connectivity index (χ0v) is 13.8. The van der Waals surface area contributed by atoms with Gasteiger partial charge in [-0.25, -0.2) is 17.5 Å². The monoisotopic (exact) mass is 359 g/mol. The third kappa shape index (κ3) is 3.98. The minimum atomic E-state index is -3.91. The van der Waals surface area contributed by atoms with Crippen LogP contribution in [0, 0.1) is 5.82 Å². The average molecular weight is 359 g/mol. The van der Waals surface area contributed by atoms with Gasteiger partial charge in [-0.3, -0.25) is 9.78 Å². The number of carbonyl (C=O) groups excluding carboxylic acids is 1. The molecule has 0 radical (unpaired) electrons. The van der Waals surface area contributed by atoms with E-state index in [4.69, 9.17) is 0 Å². The van der Waals surface area contributed by atoms with E-state index in [1.165, 1.54) is 36.5 Å². The number of nitrogens with one attached hydrogen (secondary N) is 2. The normalized spacial score (nSPS) is 11.4. The summed E-state index contributed by atoms with van der Waals surface area (Å²) in [4.78, 5) is 16.0. The van der Waals surface area contributed by atoms with Crippen molar-refractivity contribution in [2.75, 3.05) is 11.9 Å². The van der Waals surface area contributed by atoms with Gasteiger partial charge < -0.3 is 5.32 Å². The predicted octanol–water partition coefficient (Wildman–Crippen LogP) is 2.29. The first-order valence-corrected chi connectivity index (χ1v) is 8.83. The van der Waals surface area contributed by atoms with Gasteiger partial charge in [0.05, 0.1) is 12.1 Å². The van der Waals surface area contributed by atoms with Gasteiger partial charge in [0.15, 0.2) is 0 Å².